The van der Waals surface area contributed by atoms with Gasteiger partial charge in [0.2, 0.25) is 5.91 Å². The molecule has 1 aromatic carbocycles. The highest BCUT2D eigenvalue weighted by Crippen LogP contribution is 2.17. The number of carbonyl (C=O) groups is 1. The smallest absolute Gasteiger partial charge is 0.228 e. The molecule has 0 aliphatic carbocycles. The third-order valence-corrected chi connectivity index (χ3v) is 3.21. The van der Waals surface area contributed by atoms with E-state index in [4.69, 9.17) is 10.5 Å². The lowest BCUT2D eigenvalue weighted by Crippen LogP contribution is -2.39. The Hall–Kier alpha value is -1.10. The summed E-state index contributed by atoms with van der Waals surface area (Å²) in [5, 5.41) is 0. The zero-order valence-corrected chi connectivity index (χ0v) is 11.8. The number of hydrogen-bond donors (Lipinski definition) is 1. The van der Waals surface area contributed by atoms with Gasteiger partial charge in [-0.3, -0.25) is 4.79 Å². The third kappa shape index (κ3) is 4.49. The molecule has 1 aliphatic heterocycles. The van der Waals surface area contributed by atoms with E-state index in [9.17, 15) is 4.79 Å². The summed E-state index contributed by atoms with van der Waals surface area (Å²) in [6, 6.07) is 10.0. The number of benzene rings is 1. The zero-order chi connectivity index (χ0) is 12.8. The SMILES string of the molecule is Cl.NCCN(Cc1ccccc1)C(=O)C1CCOC1. The molecule has 106 valence electrons. The summed E-state index contributed by atoms with van der Waals surface area (Å²) < 4.78 is 5.28. The van der Waals surface area contributed by atoms with Crippen molar-refractivity contribution >= 4 is 18.3 Å². The second kappa shape index (κ2) is 8.15. The van der Waals surface area contributed by atoms with Gasteiger partial charge in [-0.05, 0) is 12.0 Å². The van der Waals surface area contributed by atoms with Crippen LogP contribution in [0.3, 0.4) is 0 Å². The van der Waals surface area contributed by atoms with Crippen molar-refractivity contribution in [2.75, 3.05) is 26.3 Å². The molecular formula is C14H21ClN2O2. The van der Waals surface area contributed by atoms with E-state index in [0.29, 0.717) is 32.8 Å². The Morgan fingerprint density at radius 1 is 1.37 bits per heavy atom. The molecule has 0 saturated carbocycles. The Labute approximate surface area is 120 Å². The lowest BCUT2D eigenvalue weighted by Gasteiger charge is -2.24. The molecule has 19 heavy (non-hydrogen) atoms. The van der Waals surface area contributed by atoms with Crippen LogP contribution in [0, 0.1) is 5.92 Å². The van der Waals surface area contributed by atoms with Gasteiger partial charge in [0.1, 0.15) is 0 Å². The molecule has 2 rings (SSSR count). The first-order valence-electron chi connectivity index (χ1n) is 6.42. The van der Waals surface area contributed by atoms with Crippen LogP contribution in [-0.4, -0.2) is 37.1 Å². The van der Waals surface area contributed by atoms with Crippen LogP contribution in [0.5, 0.6) is 0 Å². The fourth-order valence-electron chi connectivity index (χ4n) is 2.21. The van der Waals surface area contributed by atoms with Crippen molar-refractivity contribution in [2.24, 2.45) is 11.7 Å². The highest BCUT2D eigenvalue weighted by molar-refractivity contribution is 5.85. The molecule has 1 heterocycles. The van der Waals surface area contributed by atoms with E-state index < -0.39 is 0 Å². The largest absolute Gasteiger partial charge is 0.381 e. The number of nitrogens with zero attached hydrogens (tertiary/aromatic N) is 1. The number of hydrogen-bond acceptors (Lipinski definition) is 3. The summed E-state index contributed by atoms with van der Waals surface area (Å²) in [6.45, 7) is 2.97. The Balaban J connectivity index is 0.00000180. The lowest BCUT2D eigenvalue weighted by molar-refractivity contribution is -0.136. The van der Waals surface area contributed by atoms with Gasteiger partial charge in [0, 0.05) is 26.2 Å². The molecule has 2 N–H and O–H groups in total. The molecule has 1 aliphatic rings. The standard InChI is InChI=1S/C14H20N2O2.ClH/c15-7-8-16(10-12-4-2-1-3-5-12)14(17)13-6-9-18-11-13;/h1-5,13H,6-11,15H2;1H. The van der Waals surface area contributed by atoms with Gasteiger partial charge in [-0.25, -0.2) is 0 Å². The topological polar surface area (TPSA) is 55.6 Å². The highest BCUT2D eigenvalue weighted by Gasteiger charge is 2.27. The summed E-state index contributed by atoms with van der Waals surface area (Å²) in [6.07, 6.45) is 0.828. The molecule has 1 atom stereocenters. The number of ether oxygens (including phenoxy) is 1. The minimum Gasteiger partial charge on any atom is -0.381 e. The van der Waals surface area contributed by atoms with Crippen molar-refractivity contribution < 1.29 is 9.53 Å². The number of rotatable bonds is 5. The molecule has 1 saturated heterocycles. The molecule has 0 bridgehead atoms. The maximum absolute atomic E-state index is 12.3. The normalized spacial score (nSPS) is 17.8. The van der Waals surface area contributed by atoms with Crippen LogP contribution >= 0.6 is 12.4 Å². The van der Waals surface area contributed by atoms with Gasteiger partial charge in [0.15, 0.2) is 0 Å². The number of amides is 1. The summed E-state index contributed by atoms with van der Waals surface area (Å²) in [5.41, 5.74) is 6.73. The van der Waals surface area contributed by atoms with Crippen LogP contribution in [0.25, 0.3) is 0 Å². The van der Waals surface area contributed by atoms with Crippen LogP contribution in [0.4, 0.5) is 0 Å². The van der Waals surface area contributed by atoms with Crippen LogP contribution in [0.15, 0.2) is 30.3 Å². The minimum atomic E-state index is 0. The molecular weight excluding hydrogens is 264 g/mol. The molecule has 1 unspecified atom stereocenters. The van der Waals surface area contributed by atoms with E-state index in [1.54, 1.807) is 0 Å². The zero-order valence-electron chi connectivity index (χ0n) is 11.0. The van der Waals surface area contributed by atoms with Crippen molar-refractivity contribution in [3.8, 4) is 0 Å². The van der Waals surface area contributed by atoms with Gasteiger partial charge < -0.3 is 15.4 Å². The van der Waals surface area contributed by atoms with Crippen LogP contribution in [-0.2, 0) is 16.1 Å². The van der Waals surface area contributed by atoms with E-state index in [-0.39, 0.29) is 24.2 Å². The maximum atomic E-state index is 12.3. The van der Waals surface area contributed by atoms with Crippen LogP contribution in [0.1, 0.15) is 12.0 Å². The van der Waals surface area contributed by atoms with Crippen molar-refractivity contribution in [1.82, 2.24) is 4.90 Å². The second-order valence-electron chi connectivity index (χ2n) is 4.59. The summed E-state index contributed by atoms with van der Waals surface area (Å²) >= 11 is 0. The predicted octanol–water partition coefficient (Wildman–Crippen LogP) is 1.43. The van der Waals surface area contributed by atoms with Gasteiger partial charge >= 0.3 is 0 Å². The number of nitrogens with two attached hydrogens (primary N) is 1. The Morgan fingerprint density at radius 2 is 2.11 bits per heavy atom. The first-order valence-corrected chi connectivity index (χ1v) is 6.42. The molecule has 5 heteroatoms. The fraction of sp³-hybridized carbons (Fsp3) is 0.500. The minimum absolute atomic E-state index is 0. The summed E-state index contributed by atoms with van der Waals surface area (Å²) in [5.74, 6) is 0.182. The first-order chi connectivity index (χ1) is 8.81. The monoisotopic (exact) mass is 284 g/mol. The number of halogens is 1. The van der Waals surface area contributed by atoms with Gasteiger partial charge in [0.05, 0.1) is 12.5 Å². The van der Waals surface area contributed by atoms with E-state index in [2.05, 4.69) is 0 Å². The molecule has 0 aromatic heterocycles. The van der Waals surface area contributed by atoms with E-state index in [0.717, 1.165) is 12.0 Å². The predicted molar refractivity (Wildman–Crippen MR) is 77.1 cm³/mol. The van der Waals surface area contributed by atoms with Crippen molar-refractivity contribution in [2.45, 2.75) is 13.0 Å². The quantitative estimate of drug-likeness (QED) is 0.890. The Kier molecular flexibility index (Phi) is 6.84. The van der Waals surface area contributed by atoms with Crippen LogP contribution < -0.4 is 5.73 Å². The average molecular weight is 285 g/mol. The van der Waals surface area contributed by atoms with Gasteiger partial charge in [-0.1, -0.05) is 30.3 Å². The first kappa shape index (κ1) is 16.0. The maximum Gasteiger partial charge on any atom is 0.228 e. The van der Waals surface area contributed by atoms with E-state index >= 15 is 0 Å². The van der Waals surface area contributed by atoms with E-state index in [1.165, 1.54) is 0 Å². The van der Waals surface area contributed by atoms with Crippen molar-refractivity contribution in [3.05, 3.63) is 35.9 Å². The highest BCUT2D eigenvalue weighted by atomic mass is 35.5. The third-order valence-electron chi connectivity index (χ3n) is 3.21. The summed E-state index contributed by atoms with van der Waals surface area (Å²) in [4.78, 5) is 14.2. The molecule has 0 radical (unpaired) electrons. The Morgan fingerprint density at radius 3 is 2.68 bits per heavy atom. The molecule has 4 nitrogen and oxygen atoms in total. The van der Waals surface area contributed by atoms with Crippen LogP contribution in [0.2, 0.25) is 0 Å². The van der Waals surface area contributed by atoms with E-state index in [1.807, 2.05) is 35.2 Å². The van der Waals surface area contributed by atoms with Gasteiger partial charge in [-0.15, -0.1) is 12.4 Å². The van der Waals surface area contributed by atoms with Crippen molar-refractivity contribution in [3.63, 3.8) is 0 Å². The average Bonchev–Trinajstić information content (AvgIpc) is 2.92. The van der Waals surface area contributed by atoms with Gasteiger partial charge in [-0.2, -0.15) is 0 Å². The lowest BCUT2D eigenvalue weighted by atomic mass is 10.1. The summed E-state index contributed by atoms with van der Waals surface area (Å²) in [7, 11) is 0. The second-order valence-corrected chi connectivity index (χ2v) is 4.59. The molecule has 1 amide bonds. The molecule has 1 aromatic rings. The molecule has 0 spiro atoms. The Bertz CT molecular complexity index is 380. The van der Waals surface area contributed by atoms with Gasteiger partial charge in [0.25, 0.3) is 0 Å². The fourth-order valence-corrected chi connectivity index (χ4v) is 2.21. The molecule has 1 fully saturated rings. The van der Waals surface area contributed by atoms with Crippen molar-refractivity contribution in [1.29, 1.82) is 0 Å². The number of carbonyl (C=O) groups excluding carboxylic acids is 1.